The number of fused-ring (bicyclic) bond motifs is 6. The lowest BCUT2D eigenvalue weighted by molar-refractivity contribution is 0.952. The summed E-state index contributed by atoms with van der Waals surface area (Å²) in [4.78, 5) is 10.9. The van der Waals surface area contributed by atoms with Gasteiger partial charge in [-0.2, -0.15) is 4.98 Å². The van der Waals surface area contributed by atoms with Crippen molar-refractivity contribution >= 4 is 43.6 Å². The van der Waals surface area contributed by atoms with Crippen molar-refractivity contribution < 1.29 is 0 Å². The summed E-state index contributed by atoms with van der Waals surface area (Å²) in [6, 6.07) is 64.3. The van der Waals surface area contributed by atoms with Gasteiger partial charge in [0.1, 0.15) is 5.82 Å². The molecule has 0 saturated carbocycles. The molecule has 7 aromatic carbocycles. The second-order valence-electron chi connectivity index (χ2n) is 12.6. The molecule has 0 radical (unpaired) electrons. The SMILES string of the molecule is c1ccc(-c2ccc(-c3cc(-n4c5ccccc5c5ccccc54)nc(-n4c5ccccc5c5ccccc54)n3)c(-c3ccccc3)c2)cc1. The monoisotopic (exact) mass is 638 g/mol. The fraction of sp³-hybridized carbons (Fsp3) is 0. The zero-order chi connectivity index (χ0) is 33.0. The molecule has 4 heteroatoms. The molecule has 0 N–H and O–H groups in total. The molecule has 10 rings (SSSR count). The molecule has 0 atom stereocenters. The van der Waals surface area contributed by atoms with Crippen LogP contribution in [0.2, 0.25) is 0 Å². The average molecular weight is 639 g/mol. The van der Waals surface area contributed by atoms with Crippen molar-refractivity contribution in [1.82, 2.24) is 19.1 Å². The summed E-state index contributed by atoms with van der Waals surface area (Å²) >= 11 is 0. The average Bonchev–Trinajstić information content (AvgIpc) is 3.71. The molecule has 0 spiro atoms. The molecular weight excluding hydrogens is 609 g/mol. The van der Waals surface area contributed by atoms with E-state index in [4.69, 9.17) is 9.97 Å². The van der Waals surface area contributed by atoms with Crippen LogP contribution in [0.3, 0.4) is 0 Å². The van der Waals surface area contributed by atoms with E-state index in [9.17, 15) is 0 Å². The highest BCUT2D eigenvalue weighted by molar-refractivity contribution is 6.10. The Morgan fingerprint density at radius 2 is 0.780 bits per heavy atom. The van der Waals surface area contributed by atoms with Gasteiger partial charge in [0.25, 0.3) is 0 Å². The molecule has 4 nitrogen and oxygen atoms in total. The van der Waals surface area contributed by atoms with Crippen LogP contribution in [0.1, 0.15) is 0 Å². The van der Waals surface area contributed by atoms with Crippen LogP contribution in [-0.4, -0.2) is 19.1 Å². The maximum absolute atomic E-state index is 5.44. The smallest absolute Gasteiger partial charge is 0.237 e. The van der Waals surface area contributed by atoms with Crippen molar-refractivity contribution in [2.75, 3.05) is 0 Å². The number of aromatic nitrogens is 4. The highest BCUT2D eigenvalue weighted by Crippen LogP contribution is 2.39. The first-order valence-electron chi connectivity index (χ1n) is 16.9. The van der Waals surface area contributed by atoms with Crippen molar-refractivity contribution in [3.05, 3.63) is 182 Å². The number of para-hydroxylation sites is 4. The number of rotatable bonds is 5. The highest BCUT2D eigenvalue weighted by Gasteiger charge is 2.20. The minimum absolute atomic E-state index is 0.628. The first kappa shape index (κ1) is 28.3. The van der Waals surface area contributed by atoms with E-state index in [1.54, 1.807) is 0 Å². The summed E-state index contributed by atoms with van der Waals surface area (Å²) in [5.74, 6) is 1.44. The first-order valence-corrected chi connectivity index (χ1v) is 16.9. The summed E-state index contributed by atoms with van der Waals surface area (Å²) in [6.07, 6.45) is 0. The minimum atomic E-state index is 0.628. The van der Waals surface area contributed by atoms with Gasteiger partial charge in [-0.15, -0.1) is 0 Å². The lowest BCUT2D eigenvalue weighted by Crippen LogP contribution is -2.07. The van der Waals surface area contributed by atoms with Crippen LogP contribution >= 0.6 is 0 Å². The van der Waals surface area contributed by atoms with Gasteiger partial charge >= 0.3 is 0 Å². The molecule has 0 fully saturated rings. The minimum Gasteiger partial charge on any atom is -0.294 e. The number of hydrogen-bond donors (Lipinski definition) is 0. The van der Waals surface area contributed by atoms with Crippen LogP contribution < -0.4 is 0 Å². The predicted molar refractivity (Wildman–Crippen MR) is 207 cm³/mol. The molecule has 234 valence electrons. The van der Waals surface area contributed by atoms with E-state index in [0.29, 0.717) is 5.95 Å². The Balaban J connectivity index is 1.31. The number of benzene rings is 7. The summed E-state index contributed by atoms with van der Waals surface area (Å²) in [6.45, 7) is 0. The molecule has 10 aromatic rings. The van der Waals surface area contributed by atoms with Crippen LogP contribution in [0, 0.1) is 0 Å². The largest absolute Gasteiger partial charge is 0.294 e. The van der Waals surface area contributed by atoms with Crippen LogP contribution in [0.15, 0.2) is 182 Å². The zero-order valence-electron chi connectivity index (χ0n) is 27.1. The fourth-order valence-corrected chi connectivity index (χ4v) is 7.52. The van der Waals surface area contributed by atoms with Crippen molar-refractivity contribution in [2.24, 2.45) is 0 Å². The molecule has 0 aliphatic rings. The van der Waals surface area contributed by atoms with E-state index in [0.717, 1.165) is 55.8 Å². The van der Waals surface area contributed by atoms with Gasteiger partial charge < -0.3 is 0 Å². The molecule has 0 saturated heterocycles. The van der Waals surface area contributed by atoms with Gasteiger partial charge in [-0.1, -0.05) is 146 Å². The van der Waals surface area contributed by atoms with E-state index in [1.807, 2.05) is 0 Å². The molecule has 0 aliphatic heterocycles. The zero-order valence-corrected chi connectivity index (χ0v) is 27.1. The van der Waals surface area contributed by atoms with Crippen LogP contribution in [0.5, 0.6) is 0 Å². The highest BCUT2D eigenvalue weighted by atomic mass is 15.2. The molecular formula is C46H30N4. The maximum atomic E-state index is 5.44. The van der Waals surface area contributed by atoms with Gasteiger partial charge in [0.05, 0.1) is 27.8 Å². The Hall–Kier alpha value is -6.78. The summed E-state index contributed by atoms with van der Waals surface area (Å²) < 4.78 is 4.50. The van der Waals surface area contributed by atoms with Crippen LogP contribution in [0.25, 0.3) is 88.9 Å². The fourth-order valence-electron chi connectivity index (χ4n) is 7.52. The Kier molecular flexibility index (Phi) is 6.46. The molecule has 50 heavy (non-hydrogen) atoms. The van der Waals surface area contributed by atoms with Gasteiger partial charge in [0.2, 0.25) is 5.95 Å². The number of hydrogen-bond acceptors (Lipinski definition) is 2. The van der Waals surface area contributed by atoms with E-state index in [-0.39, 0.29) is 0 Å². The van der Waals surface area contributed by atoms with Gasteiger partial charge in [-0.05, 0) is 52.6 Å². The Labute approximate surface area is 289 Å². The molecule has 3 heterocycles. The second kappa shape index (κ2) is 11.4. The van der Waals surface area contributed by atoms with Crippen molar-refractivity contribution in [3.63, 3.8) is 0 Å². The Morgan fingerprint density at radius 1 is 0.320 bits per heavy atom. The van der Waals surface area contributed by atoms with Crippen LogP contribution in [-0.2, 0) is 0 Å². The summed E-state index contributed by atoms with van der Waals surface area (Å²) in [7, 11) is 0. The maximum Gasteiger partial charge on any atom is 0.237 e. The second-order valence-corrected chi connectivity index (χ2v) is 12.6. The van der Waals surface area contributed by atoms with E-state index in [2.05, 4.69) is 191 Å². The first-order chi connectivity index (χ1) is 24.8. The Bertz CT molecular complexity index is 2630. The molecule has 3 aromatic heterocycles. The normalized spacial score (nSPS) is 11.6. The summed E-state index contributed by atoms with van der Waals surface area (Å²) in [5, 5.41) is 4.73. The molecule has 0 bridgehead atoms. The van der Waals surface area contributed by atoms with Crippen molar-refractivity contribution in [3.8, 4) is 45.3 Å². The van der Waals surface area contributed by atoms with Crippen molar-refractivity contribution in [1.29, 1.82) is 0 Å². The lowest BCUT2D eigenvalue weighted by atomic mass is 9.93. The van der Waals surface area contributed by atoms with E-state index in [1.165, 1.54) is 27.1 Å². The predicted octanol–water partition coefficient (Wildman–Crippen LogP) is 11.7. The molecule has 0 aliphatic carbocycles. The third-order valence-electron chi connectivity index (χ3n) is 9.78. The third kappa shape index (κ3) is 4.46. The van der Waals surface area contributed by atoms with Gasteiger partial charge in [-0.3, -0.25) is 9.13 Å². The van der Waals surface area contributed by atoms with E-state index < -0.39 is 0 Å². The van der Waals surface area contributed by atoms with Gasteiger partial charge in [0, 0.05) is 33.2 Å². The summed E-state index contributed by atoms with van der Waals surface area (Å²) in [5.41, 5.74) is 10.8. The Morgan fingerprint density at radius 3 is 1.32 bits per heavy atom. The standard InChI is InChI=1S/C46H30N4/c1-3-15-31(16-4-1)33-27-28-34(39(29-33)32-17-5-2-6-18-32)40-30-45(49-41-23-11-7-19-35(41)36-20-8-12-24-42(36)49)48-46(47-40)50-43-25-13-9-21-37(43)38-22-10-14-26-44(38)50/h1-30H. The molecule has 0 unspecified atom stereocenters. The quantitative estimate of drug-likeness (QED) is 0.188. The van der Waals surface area contributed by atoms with Crippen molar-refractivity contribution in [2.45, 2.75) is 0 Å². The topological polar surface area (TPSA) is 35.6 Å². The third-order valence-corrected chi connectivity index (χ3v) is 9.78. The van der Waals surface area contributed by atoms with Gasteiger partial charge in [-0.25, -0.2) is 4.98 Å². The number of nitrogens with zero attached hydrogens (tertiary/aromatic N) is 4. The van der Waals surface area contributed by atoms with Crippen LogP contribution in [0.4, 0.5) is 0 Å². The lowest BCUT2D eigenvalue weighted by Gasteiger charge is -2.16. The molecule has 0 amide bonds. The van der Waals surface area contributed by atoms with E-state index >= 15 is 0 Å². The van der Waals surface area contributed by atoms with Gasteiger partial charge in [0.15, 0.2) is 0 Å².